The van der Waals surface area contributed by atoms with Gasteiger partial charge in [-0.1, -0.05) is 17.7 Å². The van der Waals surface area contributed by atoms with Gasteiger partial charge in [0.05, 0.1) is 36.0 Å². The number of aromatic nitrogens is 2. The van der Waals surface area contributed by atoms with Crippen LogP contribution in [0.1, 0.15) is 56.0 Å². The van der Waals surface area contributed by atoms with Crippen molar-refractivity contribution in [2.45, 2.75) is 52.1 Å². The number of hydrogen-bond donors (Lipinski definition) is 0. The highest BCUT2D eigenvalue weighted by Crippen LogP contribution is 2.48. The molecule has 1 aliphatic heterocycles. The van der Waals surface area contributed by atoms with E-state index in [0.717, 1.165) is 38.4 Å². The second-order valence-corrected chi connectivity index (χ2v) is 10.8. The van der Waals surface area contributed by atoms with Crippen molar-refractivity contribution in [1.29, 1.82) is 0 Å². The normalized spacial score (nSPS) is 20.4. The van der Waals surface area contributed by atoms with Crippen LogP contribution in [0.15, 0.2) is 30.6 Å². The van der Waals surface area contributed by atoms with E-state index in [2.05, 4.69) is 14.9 Å². The molecule has 188 valence electrons. The zero-order valence-electron chi connectivity index (χ0n) is 20.3. The van der Waals surface area contributed by atoms with Crippen molar-refractivity contribution >= 4 is 29.5 Å². The average molecular weight is 504 g/mol. The Morgan fingerprint density at radius 3 is 2.49 bits per heavy atom. The number of rotatable bonds is 7. The molecular weight excluding hydrogens is 473 g/mol. The standard InChI is InChI=1S/C26H31ClFN3O4/c1-26(2,3)35-23(32)12-17-4-5-18(11-22(17)28)24(33)34-15-19-10-21(19)16-6-8-31(9-7-16)25-29-13-20(27)14-30-25/h4-5,11,13-14,16,19,21H,6-10,12,15H2,1-3H3. The minimum atomic E-state index is -0.639. The molecule has 2 unspecified atom stereocenters. The van der Waals surface area contributed by atoms with Crippen LogP contribution in [0.4, 0.5) is 10.3 Å². The van der Waals surface area contributed by atoms with Crippen LogP contribution in [0.5, 0.6) is 0 Å². The van der Waals surface area contributed by atoms with E-state index >= 15 is 0 Å². The Balaban J connectivity index is 1.21. The largest absolute Gasteiger partial charge is 0.462 e. The summed E-state index contributed by atoms with van der Waals surface area (Å²) in [5.74, 6) is 0.505. The van der Waals surface area contributed by atoms with Crippen LogP contribution in [0, 0.1) is 23.6 Å². The van der Waals surface area contributed by atoms with E-state index in [1.807, 2.05) is 0 Å². The monoisotopic (exact) mass is 503 g/mol. The number of benzene rings is 1. The second kappa shape index (κ2) is 10.5. The van der Waals surface area contributed by atoms with Crippen LogP contribution in [-0.2, 0) is 20.7 Å². The fourth-order valence-electron chi connectivity index (χ4n) is 4.65. The molecule has 4 rings (SSSR count). The van der Waals surface area contributed by atoms with Crippen LogP contribution in [-0.4, -0.2) is 47.2 Å². The van der Waals surface area contributed by atoms with Crippen molar-refractivity contribution in [2.24, 2.45) is 17.8 Å². The summed E-state index contributed by atoms with van der Waals surface area (Å²) < 4.78 is 25.2. The highest BCUT2D eigenvalue weighted by molar-refractivity contribution is 6.30. The molecule has 0 bridgehead atoms. The summed E-state index contributed by atoms with van der Waals surface area (Å²) in [6.07, 6.45) is 6.17. The molecule has 7 nitrogen and oxygen atoms in total. The van der Waals surface area contributed by atoms with E-state index in [1.54, 1.807) is 33.2 Å². The van der Waals surface area contributed by atoms with Crippen LogP contribution in [0.2, 0.25) is 5.02 Å². The smallest absolute Gasteiger partial charge is 0.338 e. The lowest BCUT2D eigenvalue weighted by Gasteiger charge is -2.32. The van der Waals surface area contributed by atoms with Crippen molar-refractivity contribution in [1.82, 2.24) is 9.97 Å². The molecule has 1 saturated carbocycles. The summed E-state index contributed by atoms with van der Waals surface area (Å²) in [7, 11) is 0. The third-order valence-electron chi connectivity index (χ3n) is 6.48. The van der Waals surface area contributed by atoms with Crippen LogP contribution in [0.25, 0.3) is 0 Å². The highest BCUT2D eigenvalue weighted by Gasteiger charge is 2.44. The van der Waals surface area contributed by atoms with Crippen molar-refractivity contribution in [3.63, 3.8) is 0 Å². The predicted octanol–water partition coefficient (Wildman–Crippen LogP) is 4.86. The van der Waals surface area contributed by atoms with Gasteiger partial charge in [0.15, 0.2) is 0 Å². The first-order valence-electron chi connectivity index (χ1n) is 12.0. The summed E-state index contributed by atoms with van der Waals surface area (Å²) in [6, 6.07) is 4.05. The number of carbonyl (C=O) groups is 2. The SMILES string of the molecule is CC(C)(C)OC(=O)Cc1ccc(C(=O)OCC2CC2C2CCN(c3ncc(Cl)cn3)CC2)cc1F. The van der Waals surface area contributed by atoms with Gasteiger partial charge in [-0.3, -0.25) is 4.79 Å². The molecule has 0 spiro atoms. The number of carbonyl (C=O) groups excluding carboxylic acids is 2. The van der Waals surface area contributed by atoms with Gasteiger partial charge < -0.3 is 14.4 Å². The van der Waals surface area contributed by atoms with E-state index in [4.69, 9.17) is 21.1 Å². The zero-order valence-corrected chi connectivity index (χ0v) is 21.1. The Kier molecular flexibility index (Phi) is 7.59. The molecule has 2 heterocycles. The quantitative estimate of drug-likeness (QED) is 0.499. The molecule has 2 atom stereocenters. The van der Waals surface area contributed by atoms with E-state index in [-0.39, 0.29) is 17.5 Å². The number of piperidine rings is 1. The summed E-state index contributed by atoms with van der Waals surface area (Å²) >= 11 is 5.87. The second-order valence-electron chi connectivity index (χ2n) is 10.4. The Morgan fingerprint density at radius 1 is 1.17 bits per heavy atom. The first kappa shape index (κ1) is 25.4. The Bertz CT molecular complexity index is 1070. The summed E-state index contributed by atoms with van der Waals surface area (Å²) in [5.41, 5.74) is -0.308. The van der Waals surface area contributed by atoms with Gasteiger partial charge in [-0.25, -0.2) is 19.2 Å². The molecular formula is C26H31ClFN3O4. The van der Waals surface area contributed by atoms with Crippen molar-refractivity contribution in [3.8, 4) is 0 Å². The van der Waals surface area contributed by atoms with Gasteiger partial charge in [0.25, 0.3) is 0 Å². The first-order chi connectivity index (χ1) is 16.6. The maximum absolute atomic E-state index is 14.5. The minimum absolute atomic E-state index is 0.143. The van der Waals surface area contributed by atoms with Gasteiger partial charge >= 0.3 is 11.9 Å². The molecule has 1 aliphatic carbocycles. The molecule has 2 aromatic rings. The molecule has 0 amide bonds. The van der Waals surface area contributed by atoms with Gasteiger partial charge in [-0.2, -0.15) is 0 Å². The molecule has 35 heavy (non-hydrogen) atoms. The molecule has 1 saturated heterocycles. The topological polar surface area (TPSA) is 81.6 Å². The Morgan fingerprint density at radius 2 is 1.86 bits per heavy atom. The van der Waals surface area contributed by atoms with Crippen molar-refractivity contribution in [2.75, 3.05) is 24.6 Å². The number of nitrogens with zero attached hydrogens (tertiary/aromatic N) is 3. The maximum atomic E-state index is 14.5. The first-order valence-corrected chi connectivity index (χ1v) is 12.4. The van der Waals surface area contributed by atoms with Crippen LogP contribution < -0.4 is 4.90 Å². The fourth-order valence-corrected chi connectivity index (χ4v) is 4.75. The lowest BCUT2D eigenvalue weighted by Crippen LogP contribution is -2.35. The lowest BCUT2D eigenvalue weighted by atomic mass is 9.91. The number of esters is 2. The summed E-state index contributed by atoms with van der Waals surface area (Å²) in [4.78, 5) is 35.2. The van der Waals surface area contributed by atoms with Gasteiger partial charge in [-0.05, 0) is 75.5 Å². The lowest BCUT2D eigenvalue weighted by molar-refractivity contribution is -0.153. The number of anilines is 1. The average Bonchev–Trinajstić information content (AvgIpc) is 3.58. The van der Waals surface area contributed by atoms with E-state index in [0.29, 0.717) is 35.3 Å². The van der Waals surface area contributed by atoms with Gasteiger partial charge in [0, 0.05) is 13.1 Å². The molecule has 1 aromatic heterocycles. The molecule has 0 radical (unpaired) electrons. The number of ether oxygens (including phenoxy) is 2. The minimum Gasteiger partial charge on any atom is -0.462 e. The van der Waals surface area contributed by atoms with E-state index in [9.17, 15) is 14.0 Å². The van der Waals surface area contributed by atoms with Crippen molar-refractivity contribution in [3.05, 3.63) is 52.6 Å². The predicted molar refractivity (Wildman–Crippen MR) is 130 cm³/mol. The maximum Gasteiger partial charge on any atom is 0.338 e. The highest BCUT2D eigenvalue weighted by atomic mass is 35.5. The fraction of sp³-hybridized carbons (Fsp3) is 0.538. The van der Waals surface area contributed by atoms with Gasteiger partial charge in [0.2, 0.25) is 5.95 Å². The van der Waals surface area contributed by atoms with Crippen LogP contribution >= 0.6 is 11.6 Å². The Hall–Kier alpha value is -2.74. The zero-order chi connectivity index (χ0) is 25.2. The van der Waals surface area contributed by atoms with E-state index < -0.39 is 23.4 Å². The molecule has 2 aliphatic rings. The van der Waals surface area contributed by atoms with Crippen LogP contribution in [0.3, 0.4) is 0 Å². The Labute approximate surface area is 210 Å². The third kappa shape index (κ3) is 6.90. The van der Waals surface area contributed by atoms with E-state index in [1.165, 1.54) is 12.1 Å². The van der Waals surface area contributed by atoms with Gasteiger partial charge in [0.1, 0.15) is 11.4 Å². The molecule has 0 N–H and O–H groups in total. The molecule has 2 fully saturated rings. The molecule has 9 heteroatoms. The van der Waals surface area contributed by atoms with Gasteiger partial charge in [-0.15, -0.1) is 0 Å². The third-order valence-corrected chi connectivity index (χ3v) is 6.68. The summed E-state index contributed by atoms with van der Waals surface area (Å²) in [6.45, 7) is 7.39. The molecule has 1 aromatic carbocycles. The number of hydrogen-bond acceptors (Lipinski definition) is 7. The number of halogens is 2. The van der Waals surface area contributed by atoms with Crippen molar-refractivity contribution < 1.29 is 23.5 Å². The summed E-state index contributed by atoms with van der Waals surface area (Å²) in [5, 5.41) is 0.526.